The highest BCUT2D eigenvalue weighted by atomic mass is 32.2. The Morgan fingerprint density at radius 1 is 1.14 bits per heavy atom. The van der Waals surface area contributed by atoms with Crippen molar-refractivity contribution in [3.8, 4) is 11.1 Å². The Morgan fingerprint density at radius 3 is 2.46 bits per heavy atom. The quantitative estimate of drug-likeness (QED) is 0.465. The Hall–Kier alpha value is -2.82. The summed E-state index contributed by atoms with van der Waals surface area (Å²) in [5, 5.41) is 5.20. The molecule has 35 heavy (non-hydrogen) atoms. The van der Waals surface area contributed by atoms with E-state index in [0.717, 1.165) is 31.2 Å². The largest absolute Gasteiger partial charge is 0.300 e. The number of carbonyl (C=O) groups is 1. The molecule has 4 rings (SSSR count). The highest BCUT2D eigenvalue weighted by Crippen LogP contribution is 2.32. The van der Waals surface area contributed by atoms with Gasteiger partial charge in [0.25, 0.3) is 5.56 Å². The maximum Gasteiger partial charge on any atom is 0.252 e. The predicted molar refractivity (Wildman–Crippen MR) is 138 cm³/mol. The summed E-state index contributed by atoms with van der Waals surface area (Å²) in [7, 11) is -2.18. The number of pyridine rings is 1. The number of aromatic nitrogens is 2. The Labute approximate surface area is 209 Å². The molecule has 0 bridgehead atoms. The first-order chi connectivity index (χ1) is 16.8. The van der Waals surface area contributed by atoms with Crippen LogP contribution in [0.15, 0.2) is 57.7 Å². The van der Waals surface area contributed by atoms with E-state index in [-0.39, 0.29) is 16.4 Å². The number of nitrogens with one attached hydrogen (secondary N) is 2. The van der Waals surface area contributed by atoms with E-state index < -0.39 is 16.1 Å². The molecule has 1 aliphatic carbocycles. The second kappa shape index (κ2) is 10.8. The molecular weight excluding hydrogens is 484 g/mol. The smallest absolute Gasteiger partial charge is 0.252 e. The summed E-state index contributed by atoms with van der Waals surface area (Å²) in [6.45, 7) is 1.83. The molecular formula is C25H30N4O4S2. The fourth-order valence-corrected chi connectivity index (χ4v) is 6.03. The molecule has 1 aliphatic rings. The lowest BCUT2D eigenvalue weighted by molar-refractivity contribution is -0.120. The van der Waals surface area contributed by atoms with Crippen LogP contribution in [0.1, 0.15) is 50.3 Å². The van der Waals surface area contributed by atoms with Gasteiger partial charge in [-0.05, 0) is 55.6 Å². The number of benzene rings is 1. The van der Waals surface area contributed by atoms with Crippen molar-refractivity contribution in [2.75, 3.05) is 12.4 Å². The second-order valence-corrected chi connectivity index (χ2v) is 11.7. The first-order valence-corrected chi connectivity index (χ1v) is 14.1. The topological polar surface area (TPSA) is 110 Å². The summed E-state index contributed by atoms with van der Waals surface area (Å²) in [4.78, 5) is 31.0. The third-order valence-electron chi connectivity index (χ3n) is 6.59. The summed E-state index contributed by atoms with van der Waals surface area (Å²) in [6, 6.07) is 9.12. The molecule has 2 aromatic heterocycles. The van der Waals surface area contributed by atoms with E-state index in [1.54, 1.807) is 28.3 Å². The molecule has 1 saturated carbocycles. The fraction of sp³-hybridized carbons (Fsp3) is 0.400. The number of sulfonamides is 1. The summed E-state index contributed by atoms with van der Waals surface area (Å²) in [5.41, 5.74) is 1.81. The van der Waals surface area contributed by atoms with E-state index >= 15 is 0 Å². The minimum atomic E-state index is -3.54. The second-order valence-electron chi connectivity index (χ2n) is 8.91. The predicted octanol–water partition coefficient (Wildman–Crippen LogP) is 4.34. The van der Waals surface area contributed by atoms with Gasteiger partial charge in [0, 0.05) is 23.3 Å². The van der Waals surface area contributed by atoms with E-state index in [1.807, 2.05) is 13.0 Å². The number of thiazole rings is 1. The minimum Gasteiger partial charge on any atom is -0.300 e. The average Bonchev–Trinajstić information content (AvgIpc) is 3.36. The third-order valence-corrected chi connectivity index (χ3v) is 8.70. The molecule has 1 aromatic carbocycles. The zero-order valence-corrected chi connectivity index (χ0v) is 21.5. The van der Waals surface area contributed by atoms with Gasteiger partial charge in [-0.15, -0.1) is 11.3 Å². The van der Waals surface area contributed by atoms with Crippen molar-refractivity contribution in [3.05, 3.63) is 64.0 Å². The van der Waals surface area contributed by atoms with Crippen molar-refractivity contribution in [2.45, 2.75) is 56.4 Å². The van der Waals surface area contributed by atoms with Crippen LogP contribution >= 0.6 is 11.3 Å². The van der Waals surface area contributed by atoms with Crippen LogP contribution in [0, 0.1) is 12.8 Å². The van der Waals surface area contributed by atoms with Crippen LogP contribution in [0.2, 0.25) is 0 Å². The van der Waals surface area contributed by atoms with Gasteiger partial charge in [0.2, 0.25) is 15.9 Å². The van der Waals surface area contributed by atoms with Crippen molar-refractivity contribution in [1.82, 2.24) is 14.3 Å². The summed E-state index contributed by atoms with van der Waals surface area (Å²) >= 11 is 1.34. The molecule has 0 aliphatic heterocycles. The Bertz CT molecular complexity index is 1330. The molecule has 2 N–H and O–H groups in total. The van der Waals surface area contributed by atoms with Gasteiger partial charge in [-0.3, -0.25) is 9.59 Å². The number of aryl methyl sites for hydroxylation is 1. The van der Waals surface area contributed by atoms with Gasteiger partial charge in [0.05, 0.1) is 4.90 Å². The van der Waals surface area contributed by atoms with Crippen LogP contribution in [0.5, 0.6) is 0 Å². The Morgan fingerprint density at radius 2 is 1.86 bits per heavy atom. The number of rotatable bonds is 8. The Kier molecular flexibility index (Phi) is 7.83. The molecule has 0 radical (unpaired) electrons. The molecule has 0 spiro atoms. The normalized spacial score (nSPS) is 15.6. The van der Waals surface area contributed by atoms with Crippen LogP contribution in [-0.4, -0.2) is 30.9 Å². The van der Waals surface area contributed by atoms with Gasteiger partial charge in [-0.25, -0.2) is 18.1 Å². The zero-order valence-electron chi connectivity index (χ0n) is 19.9. The number of nitrogens with zero attached hydrogens (tertiary/aromatic N) is 2. The lowest BCUT2D eigenvalue weighted by Gasteiger charge is -2.28. The van der Waals surface area contributed by atoms with Crippen LogP contribution in [0.3, 0.4) is 0 Å². The molecule has 3 aromatic rings. The number of carbonyl (C=O) groups excluding carboxylic acids is 1. The lowest BCUT2D eigenvalue weighted by atomic mass is 9.84. The minimum absolute atomic E-state index is 0.153. The van der Waals surface area contributed by atoms with Gasteiger partial charge in [-0.2, -0.15) is 0 Å². The molecule has 1 fully saturated rings. The van der Waals surface area contributed by atoms with Crippen molar-refractivity contribution < 1.29 is 13.2 Å². The van der Waals surface area contributed by atoms with Crippen molar-refractivity contribution in [2.24, 2.45) is 5.92 Å². The summed E-state index contributed by atoms with van der Waals surface area (Å²) in [5.74, 6) is 0.161. The van der Waals surface area contributed by atoms with Crippen LogP contribution in [0.25, 0.3) is 11.1 Å². The highest BCUT2D eigenvalue weighted by molar-refractivity contribution is 7.89. The molecule has 186 valence electrons. The van der Waals surface area contributed by atoms with E-state index in [1.165, 1.54) is 43.0 Å². The van der Waals surface area contributed by atoms with Crippen LogP contribution < -0.4 is 15.6 Å². The summed E-state index contributed by atoms with van der Waals surface area (Å²) in [6.07, 6.45) is 7.89. The van der Waals surface area contributed by atoms with Gasteiger partial charge in [-0.1, -0.05) is 44.2 Å². The average molecular weight is 515 g/mol. The molecule has 1 atom stereocenters. The molecule has 8 nitrogen and oxygen atoms in total. The standard InChI is InChI=1S/C25H30N4O4S2/c1-17-14-20(19-8-10-21(11-9-19)35(32,33)26-2)16-23(30)29(17)22(15-18-6-4-3-5-7-18)24(31)28-25-27-12-13-34-25/h8-14,16,18,22,26H,3-7,15H2,1-2H3,(H,27,28,31)/t22-/m0/s1. The fourth-order valence-electron chi connectivity index (χ4n) is 4.77. The summed E-state index contributed by atoms with van der Waals surface area (Å²) < 4.78 is 27.9. The Balaban J connectivity index is 1.66. The molecule has 1 amide bonds. The highest BCUT2D eigenvalue weighted by Gasteiger charge is 2.28. The molecule has 0 unspecified atom stereocenters. The van der Waals surface area contributed by atoms with Gasteiger partial charge >= 0.3 is 0 Å². The van der Waals surface area contributed by atoms with Gasteiger partial charge in [0.1, 0.15) is 6.04 Å². The monoisotopic (exact) mass is 514 g/mol. The molecule has 10 heteroatoms. The first kappa shape index (κ1) is 25.3. The number of hydrogen-bond donors (Lipinski definition) is 2. The SMILES string of the molecule is CNS(=O)(=O)c1ccc(-c2cc(C)n([C@@H](CC3CCCCC3)C(=O)Nc3nccs3)c(=O)c2)cc1. The lowest BCUT2D eigenvalue weighted by Crippen LogP contribution is -2.36. The number of hydrogen-bond acceptors (Lipinski definition) is 6. The van der Waals surface area contributed by atoms with Gasteiger partial charge < -0.3 is 9.88 Å². The van der Waals surface area contributed by atoms with E-state index in [9.17, 15) is 18.0 Å². The van der Waals surface area contributed by atoms with Crippen molar-refractivity contribution >= 4 is 32.4 Å². The molecule has 2 heterocycles. The number of amides is 1. The first-order valence-electron chi connectivity index (χ1n) is 11.8. The van der Waals surface area contributed by atoms with E-state index in [2.05, 4.69) is 15.0 Å². The third kappa shape index (κ3) is 5.88. The number of anilines is 1. The van der Waals surface area contributed by atoms with Crippen LogP contribution in [0.4, 0.5) is 5.13 Å². The molecule has 0 saturated heterocycles. The van der Waals surface area contributed by atoms with E-state index in [4.69, 9.17) is 0 Å². The van der Waals surface area contributed by atoms with Crippen LogP contribution in [-0.2, 0) is 14.8 Å². The zero-order chi connectivity index (χ0) is 25.0. The maximum absolute atomic E-state index is 13.4. The van der Waals surface area contributed by atoms with E-state index in [0.29, 0.717) is 28.7 Å². The maximum atomic E-state index is 13.4. The van der Waals surface area contributed by atoms with Gasteiger partial charge in [0.15, 0.2) is 5.13 Å². The van der Waals surface area contributed by atoms with Crippen molar-refractivity contribution in [3.63, 3.8) is 0 Å². The van der Waals surface area contributed by atoms with Crippen molar-refractivity contribution in [1.29, 1.82) is 0 Å².